The van der Waals surface area contributed by atoms with Crippen LogP contribution in [0.25, 0.3) is 0 Å². The summed E-state index contributed by atoms with van der Waals surface area (Å²) in [5.41, 5.74) is 4.37. The molecule has 2 saturated heterocycles. The van der Waals surface area contributed by atoms with Crippen LogP contribution in [0.4, 0.5) is 11.4 Å². The Balaban J connectivity index is 1.52. The van der Waals surface area contributed by atoms with Crippen molar-refractivity contribution in [1.29, 1.82) is 0 Å². The highest BCUT2D eigenvalue weighted by molar-refractivity contribution is 7.80. The molecule has 5 rings (SSSR count). The fourth-order valence-corrected chi connectivity index (χ4v) is 7.04. The van der Waals surface area contributed by atoms with Gasteiger partial charge in [0.1, 0.15) is 0 Å². The van der Waals surface area contributed by atoms with Crippen molar-refractivity contribution in [2.75, 3.05) is 22.9 Å². The van der Waals surface area contributed by atoms with Crippen LogP contribution in [-0.2, 0) is 0 Å². The van der Waals surface area contributed by atoms with Crippen molar-refractivity contribution in [2.45, 2.75) is 39.3 Å². The maximum atomic E-state index is 6.90. The first kappa shape index (κ1) is 22.6. The third-order valence-corrected chi connectivity index (χ3v) is 8.39. The van der Waals surface area contributed by atoms with Gasteiger partial charge in [0.05, 0.1) is 28.5 Å². The van der Waals surface area contributed by atoms with E-state index in [0.717, 1.165) is 35.2 Å². The minimum absolute atomic E-state index is 0.0179. The molecule has 172 valence electrons. The Morgan fingerprint density at radius 2 is 1.91 bits per heavy atom. The molecule has 2 aliphatic rings. The smallest absolute Gasteiger partial charge is 0.174 e. The number of aromatic nitrogens is 1. The van der Waals surface area contributed by atoms with Gasteiger partial charge in [-0.05, 0) is 84.7 Å². The fraction of sp³-hybridized carbons (Fsp3) is 0.385. The first-order chi connectivity index (χ1) is 15.9. The van der Waals surface area contributed by atoms with E-state index >= 15 is 0 Å². The number of hydrogen-bond acceptors (Lipinski definition) is 4. The molecule has 1 aromatic carbocycles. The summed E-state index contributed by atoms with van der Waals surface area (Å²) in [5.74, 6) is 1.34. The Bertz CT molecular complexity index is 1140. The van der Waals surface area contributed by atoms with Gasteiger partial charge >= 0.3 is 0 Å². The molecule has 0 spiro atoms. The maximum Gasteiger partial charge on any atom is 0.174 e. The number of pyridine rings is 1. The normalized spacial score (nSPS) is 25.4. The average Bonchev–Trinajstić information content (AvgIpc) is 3.35. The second kappa shape index (κ2) is 9.24. The predicted molar refractivity (Wildman–Crippen MR) is 144 cm³/mol. The molecule has 0 unspecified atom stereocenters. The summed E-state index contributed by atoms with van der Waals surface area (Å²) in [6.07, 6.45) is 3.12. The minimum atomic E-state index is -0.0294. The predicted octanol–water partition coefficient (Wildman–Crippen LogP) is 6.76. The molecule has 0 saturated carbocycles. The Kier molecular flexibility index (Phi) is 6.34. The van der Waals surface area contributed by atoms with Gasteiger partial charge in [-0.2, -0.15) is 0 Å². The van der Waals surface area contributed by atoms with E-state index in [1.165, 1.54) is 16.9 Å². The van der Waals surface area contributed by atoms with Crippen molar-refractivity contribution in [2.24, 2.45) is 11.8 Å². The molecular formula is C26H29ClN4S2. The van der Waals surface area contributed by atoms with Crippen LogP contribution in [0.2, 0.25) is 5.02 Å². The molecule has 0 amide bonds. The highest BCUT2D eigenvalue weighted by Gasteiger charge is 2.42. The molecule has 1 N–H and O–H groups in total. The number of piperidine rings is 1. The molecule has 0 radical (unpaired) electrons. The van der Waals surface area contributed by atoms with Gasteiger partial charge in [-0.3, -0.25) is 4.98 Å². The van der Waals surface area contributed by atoms with Crippen molar-refractivity contribution >= 4 is 51.6 Å². The lowest BCUT2D eigenvalue weighted by molar-refractivity contribution is 0.357. The largest absolute Gasteiger partial charge is 0.370 e. The number of nitrogens with one attached hydrogen (secondary N) is 1. The number of halogens is 1. The summed E-state index contributed by atoms with van der Waals surface area (Å²) in [5, 5.41) is 7.17. The first-order valence-corrected chi connectivity index (χ1v) is 13.2. The van der Waals surface area contributed by atoms with E-state index in [1.54, 1.807) is 11.3 Å². The first-order valence-electron chi connectivity index (χ1n) is 11.5. The van der Waals surface area contributed by atoms with E-state index in [0.29, 0.717) is 16.9 Å². The Labute approximate surface area is 210 Å². The summed E-state index contributed by atoms with van der Waals surface area (Å²) < 4.78 is 0. The number of aryl methyl sites for hydroxylation is 1. The molecule has 7 heteroatoms. The Hall–Kier alpha value is -2.15. The Morgan fingerprint density at radius 3 is 2.55 bits per heavy atom. The maximum absolute atomic E-state index is 6.90. The summed E-state index contributed by atoms with van der Waals surface area (Å²) >= 11 is 14.5. The standard InChI is InChI=1S/C26H29ClN4S2/c1-16-12-17(2)15-30(14-16)22-8-7-19(13-20(22)27)31-24(25-18(3)9-11-33-25)23(29-26(31)32)21-6-4-5-10-28-21/h4-11,13,16-17,23-24H,12,14-15H2,1-3H3,(H,29,32)/t16-,17+,23-,24+/m0/s1. The van der Waals surface area contributed by atoms with Gasteiger partial charge in [0, 0.05) is 29.9 Å². The molecule has 4 heterocycles. The van der Waals surface area contributed by atoms with Crippen LogP contribution in [0, 0.1) is 18.8 Å². The fourth-order valence-electron chi connectivity index (χ4n) is 5.35. The van der Waals surface area contributed by atoms with Gasteiger partial charge in [-0.25, -0.2) is 0 Å². The highest BCUT2D eigenvalue weighted by atomic mass is 35.5. The number of hydrogen-bond donors (Lipinski definition) is 1. The zero-order valence-electron chi connectivity index (χ0n) is 19.2. The van der Waals surface area contributed by atoms with Crippen LogP contribution in [0.3, 0.4) is 0 Å². The second-order valence-electron chi connectivity index (χ2n) is 9.45. The van der Waals surface area contributed by atoms with Crippen molar-refractivity contribution in [3.05, 3.63) is 75.2 Å². The topological polar surface area (TPSA) is 31.4 Å². The van der Waals surface area contributed by atoms with Gasteiger partial charge in [-0.15, -0.1) is 11.3 Å². The zero-order chi connectivity index (χ0) is 23.1. The van der Waals surface area contributed by atoms with Gasteiger partial charge in [0.15, 0.2) is 5.11 Å². The lowest BCUT2D eigenvalue weighted by Gasteiger charge is -2.37. The highest BCUT2D eigenvalue weighted by Crippen LogP contribution is 2.45. The van der Waals surface area contributed by atoms with Crippen LogP contribution in [0.15, 0.2) is 54.0 Å². The van der Waals surface area contributed by atoms with Crippen molar-refractivity contribution in [3.8, 4) is 0 Å². The van der Waals surface area contributed by atoms with Gasteiger partial charge < -0.3 is 15.1 Å². The summed E-state index contributed by atoms with van der Waals surface area (Å²) in [6.45, 7) is 8.91. The lowest BCUT2D eigenvalue weighted by atomic mass is 9.91. The van der Waals surface area contributed by atoms with E-state index in [1.807, 2.05) is 18.3 Å². The number of thiophene rings is 1. The molecule has 2 aliphatic heterocycles. The van der Waals surface area contributed by atoms with Crippen LogP contribution in [-0.4, -0.2) is 23.2 Å². The minimum Gasteiger partial charge on any atom is -0.370 e. The van der Waals surface area contributed by atoms with Crippen molar-refractivity contribution in [3.63, 3.8) is 0 Å². The molecule has 0 aliphatic carbocycles. The van der Waals surface area contributed by atoms with E-state index in [-0.39, 0.29) is 12.1 Å². The van der Waals surface area contributed by atoms with Crippen molar-refractivity contribution in [1.82, 2.24) is 10.3 Å². The summed E-state index contributed by atoms with van der Waals surface area (Å²) in [7, 11) is 0. The SMILES string of the molecule is Cc1ccsc1[C@H]1[C@H](c2ccccn2)NC(=S)N1c1ccc(N2C[C@H](C)C[C@H](C)C2)c(Cl)c1. The van der Waals surface area contributed by atoms with E-state index in [9.17, 15) is 0 Å². The van der Waals surface area contributed by atoms with E-state index in [4.69, 9.17) is 23.8 Å². The monoisotopic (exact) mass is 496 g/mol. The van der Waals surface area contributed by atoms with Crippen LogP contribution < -0.4 is 15.1 Å². The number of anilines is 2. The average molecular weight is 497 g/mol. The van der Waals surface area contributed by atoms with Gasteiger partial charge in [0.2, 0.25) is 0 Å². The molecule has 0 bridgehead atoms. The number of thiocarbonyl (C=S) groups is 1. The number of nitrogens with zero attached hydrogens (tertiary/aromatic N) is 3. The number of rotatable bonds is 4. The Morgan fingerprint density at radius 1 is 1.12 bits per heavy atom. The third-order valence-electron chi connectivity index (χ3n) is 6.69. The van der Waals surface area contributed by atoms with Gasteiger partial charge in [-0.1, -0.05) is 31.5 Å². The quantitative estimate of drug-likeness (QED) is 0.403. The molecule has 3 aromatic rings. The second-order valence-corrected chi connectivity index (χ2v) is 11.2. The summed E-state index contributed by atoms with van der Waals surface area (Å²) in [4.78, 5) is 10.6. The lowest BCUT2D eigenvalue weighted by Crippen LogP contribution is -2.38. The molecule has 33 heavy (non-hydrogen) atoms. The van der Waals surface area contributed by atoms with Crippen LogP contribution >= 0.6 is 35.2 Å². The molecule has 2 aromatic heterocycles. The third kappa shape index (κ3) is 4.36. The van der Waals surface area contributed by atoms with Gasteiger partial charge in [0.25, 0.3) is 0 Å². The summed E-state index contributed by atoms with van der Waals surface area (Å²) in [6, 6.07) is 14.6. The van der Waals surface area contributed by atoms with Crippen molar-refractivity contribution < 1.29 is 0 Å². The molecule has 4 atom stereocenters. The van der Waals surface area contributed by atoms with Crippen LogP contribution in [0.1, 0.15) is 48.5 Å². The molecule has 2 fully saturated rings. The molecule has 4 nitrogen and oxygen atoms in total. The van der Waals surface area contributed by atoms with E-state index in [2.05, 4.69) is 76.6 Å². The zero-order valence-corrected chi connectivity index (χ0v) is 21.6. The molecular weight excluding hydrogens is 468 g/mol. The van der Waals surface area contributed by atoms with Crippen LogP contribution in [0.5, 0.6) is 0 Å². The van der Waals surface area contributed by atoms with E-state index < -0.39 is 0 Å². The number of benzene rings is 1.